The van der Waals surface area contributed by atoms with Crippen LogP contribution >= 0.6 is 0 Å². The summed E-state index contributed by atoms with van der Waals surface area (Å²) in [6, 6.07) is 1.17. The van der Waals surface area contributed by atoms with Gasteiger partial charge in [0, 0.05) is 13.1 Å². The van der Waals surface area contributed by atoms with Crippen LogP contribution in [0, 0.1) is 6.92 Å². The second kappa shape index (κ2) is 4.68. The van der Waals surface area contributed by atoms with Crippen molar-refractivity contribution < 1.29 is 18.8 Å². The number of hydrogen-bond donors (Lipinski definition) is 0. The minimum absolute atomic E-state index is 0.112. The fourth-order valence-corrected chi connectivity index (χ4v) is 2.14. The molecule has 1 heterocycles. The number of hydrogen-bond acceptors (Lipinski definition) is 5. The van der Waals surface area contributed by atoms with Crippen molar-refractivity contribution in [3.8, 4) is 0 Å². The van der Waals surface area contributed by atoms with Gasteiger partial charge in [0.1, 0.15) is 11.8 Å². The Morgan fingerprint density at radius 2 is 2.16 bits per heavy atom. The Labute approximate surface area is 111 Å². The first kappa shape index (κ1) is 13.6. The predicted octanol–water partition coefficient (Wildman–Crippen LogP) is 1.03. The quantitative estimate of drug-likeness (QED) is 0.761. The van der Waals surface area contributed by atoms with Crippen molar-refractivity contribution in [3.05, 3.63) is 17.5 Å². The molecule has 1 saturated carbocycles. The molecule has 6 heteroatoms. The molecule has 0 aliphatic heterocycles. The van der Waals surface area contributed by atoms with Crippen LogP contribution in [0.5, 0.6) is 0 Å². The zero-order chi connectivity index (χ0) is 14.2. The van der Waals surface area contributed by atoms with Gasteiger partial charge in [-0.3, -0.25) is 4.79 Å². The van der Waals surface area contributed by atoms with E-state index >= 15 is 0 Å². The summed E-state index contributed by atoms with van der Waals surface area (Å²) >= 11 is 0. The summed E-state index contributed by atoms with van der Waals surface area (Å²) in [4.78, 5) is 25.5. The molecule has 0 unspecified atom stereocenters. The topological polar surface area (TPSA) is 72.6 Å². The lowest BCUT2D eigenvalue weighted by molar-refractivity contribution is -0.151. The van der Waals surface area contributed by atoms with Gasteiger partial charge < -0.3 is 14.2 Å². The molecule has 19 heavy (non-hydrogen) atoms. The second-order valence-electron chi connectivity index (χ2n) is 5.02. The van der Waals surface area contributed by atoms with E-state index in [1.165, 1.54) is 12.0 Å². The Morgan fingerprint density at radius 3 is 2.58 bits per heavy atom. The van der Waals surface area contributed by atoms with Gasteiger partial charge in [-0.1, -0.05) is 5.16 Å². The molecule has 0 N–H and O–H groups in total. The number of aryl methyl sites for hydroxylation is 1. The van der Waals surface area contributed by atoms with Gasteiger partial charge in [0.15, 0.2) is 0 Å². The fraction of sp³-hybridized carbons (Fsp3) is 0.615. The predicted molar refractivity (Wildman–Crippen MR) is 66.4 cm³/mol. The summed E-state index contributed by atoms with van der Waals surface area (Å²) in [7, 11) is 2.92. The molecular formula is C13H18N2O4. The molecule has 104 valence electrons. The Bertz CT molecular complexity index is 504. The zero-order valence-electron chi connectivity index (χ0n) is 11.6. The molecule has 1 aromatic rings. The van der Waals surface area contributed by atoms with E-state index in [2.05, 4.69) is 9.89 Å². The number of ether oxygens (including phenoxy) is 1. The second-order valence-corrected chi connectivity index (χ2v) is 5.02. The van der Waals surface area contributed by atoms with Crippen LogP contribution in [-0.2, 0) is 19.7 Å². The highest BCUT2D eigenvalue weighted by Crippen LogP contribution is 2.49. The summed E-state index contributed by atoms with van der Waals surface area (Å²) in [5.74, 6) is 0.138. The van der Waals surface area contributed by atoms with Gasteiger partial charge in [-0.2, -0.15) is 0 Å². The molecule has 2 rings (SSSR count). The van der Waals surface area contributed by atoms with E-state index in [4.69, 9.17) is 4.52 Å². The number of carbonyl (C=O) groups is 2. The molecule has 6 nitrogen and oxygen atoms in total. The number of amides is 1. The third-order valence-electron chi connectivity index (χ3n) is 3.72. The van der Waals surface area contributed by atoms with Gasteiger partial charge in [0.05, 0.1) is 18.2 Å². The Balaban J connectivity index is 2.18. The zero-order valence-corrected chi connectivity index (χ0v) is 11.6. The van der Waals surface area contributed by atoms with E-state index in [1.54, 1.807) is 27.0 Å². The van der Waals surface area contributed by atoms with Gasteiger partial charge in [-0.05, 0) is 26.7 Å². The lowest BCUT2D eigenvalue weighted by Crippen LogP contribution is -2.45. The minimum Gasteiger partial charge on any atom is -0.467 e. The van der Waals surface area contributed by atoms with Gasteiger partial charge in [0.25, 0.3) is 0 Å². The first-order valence-corrected chi connectivity index (χ1v) is 6.21. The maximum atomic E-state index is 12.5. The Morgan fingerprint density at radius 1 is 1.53 bits per heavy atom. The van der Waals surface area contributed by atoms with Crippen LogP contribution in [0.4, 0.5) is 0 Å². The molecule has 1 aliphatic carbocycles. The molecule has 0 bridgehead atoms. The number of esters is 1. The highest BCUT2D eigenvalue weighted by atomic mass is 16.5. The summed E-state index contributed by atoms with van der Waals surface area (Å²) in [5.41, 5.74) is 0.0355. The molecular weight excluding hydrogens is 248 g/mol. The average molecular weight is 266 g/mol. The van der Waals surface area contributed by atoms with Crippen molar-refractivity contribution in [3.63, 3.8) is 0 Å². The molecule has 0 aromatic carbocycles. The minimum atomic E-state index is -0.616. The number of methoxy groups -OCH3 is 1. The summed E-state index contributed by atoms with van der Waals surface area (Å²) in [6.07, 6.45) is 1.46. The van der Waals surface area contributed by atoms with E-state index in [0.717, 1.165) is 12.8 Å². The highest BCUT2D eigenvalue weighted by Gasteiger charge is 2.55. The molecule has 1 fully saturated rings. The van der Waals surface area contributed by atoms with Crippen LogP contribution in [0.15, 0.2) is 10.6 Å². The van der Waals surface area contributed by atoms with E-state index in [-0.39, 0.29) is 5.91 Å². The van der Waals surface area contributed by atoms with Gasteiger partial charge in [0.2, 0.25) is 5.91 Å². The van der Waals surface area contributed by atoms with Crippen molar-refractivity contribution in [2.75, 3.05) is 14.2 Å². The highest BCUT2D eigenvalue weighted by molar-refractivity contribution is 5.93. The fourth-order valence-electron chi connectivity index (χ4n) is 2.14. The lowest BCUT2D eigenvalue weighted by Gasteiger charge is -2.26. The van der Waals surface area contributed by atoms with E-state index < -0.39 is 17.4 Å². The average Bonchev–Trinajstić information content (AvgIpc) is 3.11. The molecule has 1 aromatic heterocycles. The van der Waals surface area contributed by atoms with Gasteiger partial charge >= 0.3 is 5.97 Å². The molecule has 1 atom stereocenters. The van der Waals surface area contributed by atoms with Gasteiger partial charge in [-0.25, -0.2) is 4.79 Å². The summed E-state index contributed by atoms with van der Waals surface area (Å²) < 4.78 is 9.70. The van der Waals surface area contributed by atoms with Crippen molar-refractivity contribution in [1.29, 1.82) is 0 Å². The van der Waals surface area contributed by atoms with E-state index in [0.29, 0.717) is 11.5 Å². The molecule has 0 radical (unpaired) electrons. The Hall–Kier alpha value is -1.85. The van der Waals surface area contributed by atoms with Crippen LogP contribution in [0.3, 0.4) is 0 Å². The molecule has 1 aliphatic rings. The van der Waals surface area contributed by atoms with Crippen molar-refractivity contribution in [2.24, 2.45) is 0 Å². The Kier molecular flexibility index (Phi) is 3.34. The smallest absolute Gasteiger partial charge is 0.328 e. The van der Waals surface area contributed by atoms with Crippen LogP contribution in [0.2, 0.25) is 0 Å². The third kappa shape index (κ3) is 2.22. The van der Waals surface area contributed by atoms with Crippen molar-refractivity contribution >= 4 is 11.9 Å². The van der Waals surface area contributed by atoms with Gasteiger partial charge in [-0.15, -0.1) is 0 Å². The normalized spacial score (nSPS) is 17.7. The number of nitrogens with zero attached hydrogens (tertiary/aromatic N) is 2. The number of likely N-dealkylation sites (N-methyl/N-ethyl adjacent to an activating group) is 1. The number of aromatic nitrogens is 1. The first-order valence-electron chi connectivity index (χ1n) is 6.21. The standard InChI is InChI=1S/C13H18N2O4/c1-8-7-10(14-19-8)13(5-6-13)12(17)15(3)9(2)11(16)18-4/h7,9H,5-6H2,1-4H3/t9-/m1/s1. The monoisotopic (exact) mass is 266 g/mol. The largest absolute Gasteiger partial charge is 0.467 e. The third-order valence-corrected chi connectivity index (χ3v) is 3.72. The lowest BCUT2D eigenvalue weighted by atomic mass is 9.99. The summed E-state index contributed by atoms with van der Waals surface area (Å²) in [5, 5.41) is 3.94. The van der Waals surface area contributed by atoms with Crippen LogP contribution in [-0.4, -0.2) is 42.1 Å². The molecule has 0 spiro atoms. The van der Waals surface area contributed by atoms with Crippen LogP contribution in [0.1, 0.15) is 31.2 Å². The SMILES string of the molecule is COC(=O)[C@@H](C)N(C)C(=O)C1(c2cc(C)on2)CC1. The number of carbonyl (C=O) groups excluding carboxylic acids is 2. The van der Waals surface area contributed by atoms with Crippen molar-refractivity contribution in [2.45, 2.75) is 38.1 Å². The molecule has 1 amide bonds. The van der Waals surface area contributed by atoms with Crippen LogP contribution < -0.4 is 0 Å². The number of rotatable bonds is 4. The van der Waals surface area contributed by atoms with E-state index in [9.17, 15) is 9.59 Å². The molecule has 0 saturated heterocycles. The summed E-state index contributed by atoms with van der Waals surface area (Å²) in [6.45, 7) is 3.44. The van der Waals surface area contributed by atoms with Crippen LogP contribution in [0.25, 0.3) is 0 Å². The van der Waals surface area contributed by atoms with E-state index in [1.807, 2.05) is 0 Å². The van der Waals surface area contributed by atoms with Crippen molar-refractivity contribution in [1.82, 2.24) is 10.1 Å². The maximum Gasteiger partial charge on any atom is 0.328 e. The first-order chi connectivity index (χ1) is 8.92. The maximum absolute atomic E-state index is 12.5.